The molecule has 0 amide bonds. The van der Waals surface area contributed by atoms with Gasteiger partial charge in [-0.1, -0.05) is 24.3 Å². The fraction of sp³-hybridized carbons (Fsp3) is 0.500. The van der Waals surface area contributed by atoms with Crippen LogP contribution in [0, 0.1) is 5.92 Å². The summed E-state index contributed by atoms with van der Waals surface area (Å²) in [6.45, 7) is 0.554. The van der Waals surface area contributed by atoms with E-state index in [1.54, 1.807) is 0 Å². The van der Waals surface area contributed by atoms with Crippen molar-refractivity contribution in [2.75, 3.05) is 11.5 Å². The first-order chi connectivity index (χ1) is 7.59. The molecule has 1 aliphatic heterocycles. The number of nitrogens with two attached hydrogens (primary N) is 1. The Kier molecular flexibility index (Phi) is 3.30. The molecule has 3 nitrogen and oxygen atoms in total. The van der Waals surface area contributed by atoms with Crippen LogP contribution < -0.4 is 5.73 Å². The third-order valence-corrected chi connectivity index (χ3v) is 4.95. The maximum absolute atomic E-state index is 11.3. The van der Waals surface area contributed by atoms with Gasteiger partial charge in [0.25, 0.3) is 0 Å². The van der Waals surface area contributed by atoms with E-state index in [1.165, 1.54) is 5.56 Å². The van der Waals surface area contributed by atoms with Crippen LogP contribution in [-0.2, 0) is 22.8 Å². The fourth-order valence-corrected chi connectivity index (χ4v) is 4.04. The molecule has 1 atom stereocenters. The van der Waals surface area contributed by atoms with Crippen molar-refractivity contribution >= 4 is 9.84 Å². The zero-order valence-corrected chi connectivity index (χ0v) is 10.0. The highest BCUT2D eigenvalue weighted by Gasteiger charge is 2.27. The van der Waals surface area contributed by atoms with E-state index in [9.17, 15) is 8.42 Å². The normalized spacial score (nSPS) is 23.4. The third kappa shape index (κ3) is 2.83. The van der Waals surface area contributed by atoms with Crippen molar-refractivity contribution in [1.29, 1.82) is 0 Å². The average Bonchev–Trinajstić information content (AvgIpc) is 2.59. The number of hydrogen-bond acceptors (Lipinski definition) is 3. The summed E-state index contributed by atoms with van der Waals surface area (Å²) < 4.78 is 22.6. The second-order valence-corrected chi connectivity index (χ2v) is 6.72. The molecule has 1 heterocycles. The average molecular weight is 239 g/mol. The molecule has 16 heavy (non-hydrogen) atoms. The van der Waals surface area contributed by atoms with Crippen molar-refractivity contribution in [2.24, 2.45) is 11.7 Å². The Bertz CT molecular complexity index is 450. The lowest BCUT2D eigenvalue weighted by Crippen LogP contribution is -2.07. The minimum Gasteiger partial charge on any atom is -0.326 e. The molecule has 1 aliphatic rings. The Morgan fingerprint density at radius 1 is 1.19 bits per heavy atom. The Labute approximate surface area is 96.6 Å². The number of benzene rings is 1. The monoisotopic (exact) mass is 239 g/mol. The van der Waals surface area contributed by atoms with Gasteiger partial charge in [0.1, 0.15) is 0 Å². The molecule has 1 aromatic rings. The summed E-state index contributed by atoms with van der Waals surface area (Å²) in [4.78, 5) is 0. The predicted molar refractivity (Wildman–Crippen MR) is 64.8 cm³/mol. The van der Waals surface area contributed by atoms with E-state index < -0.39 is 9.84 Å². The lowest BCUT2D eigenvalue weighted by Gasteiger charge is -2.07. The molecule has 0 aliphatic carbocycles. The molecule has 4 heteroatoms. The van der Waals surface area contributed by atoms with Gasteiger partial charge in [-0.05, 0) is 29.9 Å². The summed E-state index contributed by atoms with van der Waals surface area (Å²) in [5.41, 5.74) is 7.84. The molecule has 0 bridgehead atoms. The van der Waals surface area contributed by atoms with E-state index in [1.807, 2.05) is 24.3 Å². The summed E-state index contributed by atoms with van der Waals surface area (Å²) in [5, 5.41) is 0. The van der Waals surface area contributed by atoms with E-state index in [2.05, 4.69) is 0 Å². The van der Waals surface area contributed by atoms with Crippen LogP contribution in [0.15, 0.2) is 24.3 Å². The van der Waals surface area contributed by atoms with Crippen LogP contribution >= 0.6 is 0 Å². The maximum Gasteiger partial charge on any atom is 0.150 e. The number of rotatable bonds is 3. The maximum atomic E-state index is 11.3. The van der Waals surface area contributed by atoms with Gasteiger partial charge in [0.05, 0.1) is 11.5 Å². The quantitative estimate of drug-likeness (QED) is 0.860. The van der Waals surface area contributed by atoms with Crippen molar-refractivity contribution < 1.29 is 8.42 Å². The highest BCUT2D eigenvalue weighted by atomic mass is 32.2. The zero-order valence-electron chi connectivity index (χ0n) is 9.22. The minimum absolute atomic E-state index is 0.300. The molecule has 1 unspecified atom stereocenters. The molecule has 0 spiro atoms. The third-order valence-electron chi connectivity index (χ3n) is 3.11. The topological polar surface area (TPSA) is 60.2 Å². The Hall–Kier alpha value is -0.870. The number of sulfone groups is 1. The van der Waals surface area contributed by atoms with Gasteiger partial charge in [0, 0.05) is 6.54 Å². The van der Waals surface area contributed by atoms with Crippen LogP contribution in [0.5, 0.6) is 0 Å². The SMILES string of the molecule is NCc1ccc(CC2CCS(=O)(=O)C2)cc1. The van der Waals surface area contributed by atoms with Gasteiger partial charge in [-0.15, -0.1) is 0 Å². The van der Waals surface area contributed by atoms with E-state index in [-0.39, 0.29) is 0 Å². The van der Waals surface area contributed by atoms with Crippen LogP contribution in [-0.4, -0.2) is 19.9 Å². The van der Waals surface area contributed by atoms with E-state index >= 15 is 0 Å². The molecule has 0 saturated carbocycles. The molecule has 88 valence electrons. The van der Waals surface area contributed by atoms with Gasteiger partial charge in [-0.3, -0.25) is 0 Å². The first-order valence-corrected chi connectivity index (χ1v) is 7.39. The lowest BCUT2D eigenvalue weighted by molar-refractivity contribution is 0.583. The van der Waals surface area contributed by atoms with Crippen LogP contribution in [0.25, 0.3) is 0 Å². The van der Waals surface area contributed by atoms with Crippen molar-refractivity contribution in [3.63, 3.8) is 0 Å². The van der Waals surface area contributed by atoms with Crippen molar-refractivity contribution in [3.05, 3.63) is 35.4 Å². The van der Waals surface area contributed by atoms with E-state index in [0.717, 1.165) is 18.4 Å². The second-order valence-electron chi connectivity index (χ2n) is 4.49. The molecular weight excluding hydrogens is 222 g/mol. The highest BCUT2D eigenvalue weighted by Crippen LogP contribution is 2.22. The van der Waals surface area contributed by atoms with Gasteiger partial charge < -0.3 is 5.73 Å². The second kappa shape index (κ2) is 4.55. The van der Waals surface area contributed by atoms with Gasteiger partial charge in [0.15, 0.2) is 9.84 Å². The molecular formula is C12H17NO2S. The van der Waals surface area contributed by atoms with Crippen LogP contribution in [0.3, 0.4) is 0 Å². The molecule has 2 N–H and O–H groups in total. The Balaban J connectivity index is 1.99. The van der Waals surface area contributed by atoms with Gasteiger partial charge in [-0.25, -0.2) is 8.42 Å². The lowest BCUT2D eigenvalue weighted by atomic mass is 9.98. The first-order valence-electron chi connectivity index (χ1n) is 5.57. The Morgan fingerprint density at radius 2 is 1.81 bits per heavy atom. The molecule has 1 fully saturated rings. The van der Waals surface area contributed by atoms with Crippen molar-refractivity contribution in [2.45, 2.75) is 19.4 Å². The highest BCUT2D eigenvalue weighted by molar-refractivity contribution is 7.91. The van der Waals surface area contributed by atoms with E-state index in [0.29, 0.717) is 24.0 Å². The largest absolute Gasteiger partial charge is 0.326 e. The van der Waals surface area contributed by atoms with Crippen molar-refractivity contribution in [1.82, 2.24) is 0 Å². The molecule has 1 saturated heterocycles. The smallest absolute Gasteiger partial charge is 0.150 e. The first kappa shape index (κ1) is 11.6. The molecule has 0 radical (unpaired) electrons. The van der Waals surface area contributed by atoms with Gasteiger partial charge in [-0.2, -0.15) is 0 Å². The molecule has 1 aromatic carbocycles. The molecule has 2 rings (SSSR count). The minimum atomic E-state index is -2.75. The predicted octanol–water partition coefficient (Wildman–Crippen LogP) is 1.12. The van der Waals surface area contributed by atoms with Crippen LogP contribution in [0.2, 0.25) is 0 Å². The molecule has 0 aromatic heterocycles. The van der Waals surface area contributed by atoms with Crippen LogP contribution in [0.4, 0.5) is 0 Å². The van der Waals surface area contributed by atoms with Crippen LogP contribution in [0.1, 0.15) is 17.5 Å². The zero-order chi connectivity index (χ0) is 11.6. The summed E-state index contributed by atoms with van der Waals surface area (Å²) in [5.74, 6) is 1.01. The summed E-state index contributed by atoms with van der Waals surface area (Å²) in [6.07, 6.45) is 1.67. The van der Waals surface area contributed by atoms with Gasteiger partial charge in [0.2, 0.25) is 0 Å². The van der Waals surface area contributed by atoms with E-state index in [4.69, 9.17) is 5.73 Å². The Morgan fingerprint density at radius 3 is 2.31 bits per heavy atom. The summed E-state index contributed by atoms with van der Waals surface area (Å²) in [7, 11) is -2.75. The standard InChI is InChI=1S/C12H17NO2S/c13-8-11-3-1-10(2-4-11)7-12-5-6-16(14,15)9-12/h1-4,12H,5-9,13H2. The fourth-order valence-electron chi connectivity index (χ4n) is 2.18. The number of hydrogen-bond donors (Lipinski definition) is 1. The van der Waals surface area contributed by atoms with Crippen molar-refractivity contribution in [3.8, 4) is 0 Å². The van der Waals surface area contributed by atoms with Gasteiger partial charge >= 0.3 is 0 Å². The summed E-state index contributed by atoms with van der Waals surface area (Å²) >= 11 is 0. The summed E-state index contributed by atoms with van der Waals surface area (Å²) in [6, 6.07) is 8.12.